The first-order valence-electron chi connectivity index (χ1n) is 6.77. The number of hydrogen-bond donors (Lipinski definition) is 0. The van der Waals surface area contributed by atoms with Gasteiger partial charge < -0.3 is 4.74 Å². The lowest BCUT2D eigenvalue weighted by Crippen LogP contribution is -2.22. The largest absolute Gasteiger partial charge is 0.468 e. The Morgan fingerprint density at radius 3 is 2.43 bits per heavy atom. The third-order valence-electron chi connectivity index (χ3n) is 3.89. The second-order valence-corrected chi connectivity index (χ2v) is 6.08. The number of carbonyl (C=O) groups excluding carboxylic acids is 1. The molecule has 0 aromatic heterocycles. The first-order valence-corrected chi connectivity index (χ1v) is 7.56. The fourth-order valence-corrected chi connectivity index (χ4v) is 2.95. The minimum atomic E-state index is -0.606. The van der Waals surface area contributed by atoms with Crippen LogP contribution in [0.1, 0.15) is 17.5 Å². The first kappa shape index (κ1) is 14.1. The highest BCUT2D eigenvalue weighted by Crippen LogP contribution is 2.55. The first-order chi connectivity index (χ1) is 10.2. The number of ether oxygens (including phenoxy) is 1. The molecule has 0 unspecified atom stereocenters. The molecular weight excluding hydrogens is 328 g/mol. The van der Waals surface area contributed by atoms with E-state index in [0.717, 1.165) is 27.6 Å². The molecule has 21 heavy (non-hydrogen) atoms. The van der Waals surface area contributed by atoms with Crippen molar-refractivity contribution in [3.8, 4) is 0 Å². The van der Waals surface area contributed by atoms with E-state index in [-0.39, 0.29) is 5.97 Å². The average molecular weight is 343 g/mol. The number of carbonyl (C=O) groups is 1. The summed E-state index contributed by atoms with van der Waals surface area (Å²) in [6, 6.07) is 17.9. The van der Waals surface area contributed by atoms with E-state index >= 15 is 0 Å². The molecule has 1 atom stereocenters. The molecular formula is C18H15BrO2. The van der Waals surface area contributed by atoms with Crippen molar-refractivity contribution in [2.24, 2.45) is 0 Å². The third kappa shape index (κ3) is 2.54. The number of esters is 1. The van der Waals surface area contributed by atoms with Gasteiger partial charge in [0.25, 0.3) is 0 Å². The normalized spacial score (nSPS) is 22.1. The predicted octanol–water partition coefficient (Wildman–Crippen LogP) is 4.35. The summed E-state index contributed by atoms with van der Waals surface area (Å²) < 4.78 is 6.04. The van der Waals surface area contributed by atoms with Gasteiger partial charge in [-0.15, -0.1) is 0 Å². The molecule has 1 fully saturated rings. The maximum absolute atomic E-state index is 12.3. The summed E-state index contributed by atoms with van der Waals surface area (Å²) in [7, 11) is 1.45. The van der Waals surface area contributed by atoms with Crippen LogP contribution in [0.5, 0.6) is 0 Å². The van der Waals surface area contributed by atoms with Crippen LogP contribution < -0.4 is 0 Å². The van der Waals surface area contributed by atoms with E-state index in [1.807, 2.05) is 54.6 Å². The van der Waals surface area contributed by atoms with Gasteiger partial charge in [0.2, 0.25) is 0 Å². The molecule has 2 aromatic carbocycles. The topological polar surface area (TPSA) is 26.3 Å². The van der Waals surface area contributed by atoms with Crippen LogP contribution in [0.4, 0.5) is 0 Å². The van der Waals surface area contributed by atoms with Crippen LogP contribution in [0.3, 0.4) is 0 Å². The lowest BCUT2D eigenvalue weighted by atomic mass is 9.94. The SMILES string of the molecule is COC(=O)[C@]1(c2ccc(Br)cc2)C/C1=C/c1ccccc1. The molecule has 2 aromatic rings. The molecule has 0 radical (unpaired) electrons. The van der Waals surface area contributed by atoms with Crippen LogP contribution in [0.2, 0.25) is 0 Å². The van der Waals surface area contributed by atoms with Crippen molar-refractivity contribution in [1.82, 2.24) is 0 Å². The highest BCUT2D eigenvalue weighted by atomic mass is 79.9. The van der Waals surface area contributed by atoms with Crippen molar-refractivity contribution in [2.75, 3.05) is 7.11 Å². The molecule has 0 heterocycles. The number of benzene rings is 2. The smallest absolute Gasteiger partial charge is 0.320 e. The van der Waals surface area contributed by atoms with Crippen molar-refractivity contribution in [3.05, 3.63) is 75.8 Å². The average Bonchev–Trinajstić information content (AvgIpc) is 3.23. The van der Waals surface area contributed by atoms with Crippen LogP contribution in [-0.4, -0.2) is 13.1 Å². The molecule has 0 N–H and O–H groups in total. The number of halogens is 1. The van der Waals surface area contributed by atoms with Gasteiger partial charge in [-0.05, 0) is 35.3 Å². The molecule has 3 heteroatoms. The lowest BCUT2D eigenvalue weighted by Gasteiger charge is -2.13. The molecule has 1 aliphatic carbocycles. The van der Waals surface area contributed by atoms with Gasteiger partial charge in [0, 0.05) is 4.47 Å². The summed E-state index contributed by atoms with van der Waals surface area (Å²) in [5, 5.41) is 0. The molecule has 0 saturated heterocycles. The van der Waals surface area contributed by atoms with E-state index in [1.165, 1.54) is 7.11 Å². The van der Waals surface area contributed by atoms with Crippen molar-refractivity contribution in [3.63, 3.8) is 0 Å². The highest BCUT2D eigenvalue weighted by molar-refractivity contribution is 9.10. The Balaban J connectivity index is 2.00. The molecule has 1 saturated carbocycles. The Hall–Kier alpha value is -1.87. The van der Waals surface area contributed by atoms with E-state index in [1.54, 1.807) is 0 Å². The summed E-state index contributed by atoms with van der Waals surface area (Å²) in [4.78, 5) is 12.3. The summed E-state index contributed by atoms with van der Waals surface area (Å²) in [5.74, 6) is -0.188. The zero-order valence-corrected chi connectivity index (χ0v) is 13.3. The van der Waals surface area contributed by atoms with Crippen molar-refractivity contribution in [1.29, 1.82) is 0 Å². The Morgan fingerprint density at radius 2 is 1.81 bits per heavy atom. The molecule has 0 bridgehead atoms. The van der Waals surface area contributed by atoms with E-state index in [4.69, 9.17) is 4.74 Å². The quantitative estimate of drug-likeness (QED) is 0.775. The van der Waals surface area contributed by atoms with E-state index < -0.39 is 5.41 Å². The second kappa shape index (κ2) is 5.49. The fourth-order valence-electron chi connectivity index (χ4n) is 2.68. The summed E-state index contributed by atoms with van der Waals surface area (Å²) >= 11 is 3.42. The molecule has 106 valence electrons. The Kier molecular flexibility index (Phi) is 3.68. The summed E-state index contributed by atoms with van der Waals surface area (Å²) in [6.45, 7) is 0. The highest BCUT2D eigenvalue weighted by Gasteiger charge is 2.57. The Morgan fingerprint density at radius 1 is 1.14 bits per heavy atom. The molecule has 3 rings (SSSR count). The minimum Gasteiger partial charge on any atom is -0.468 e. The third-order valence-corrected chi connectivity index (χ3v) is 4.42. The maximum atomic E-state index is 12.3. The van der Waals surface area contributed by atoms with Gasteiger partial charge in [-0.25, -0.2) is 0 Å². The van der Waals surface area contributed by atoms with Crippen LogP contribution in [0, 0.1) is 0 Å². The van der Waals surface area contributed by atoms with Gasteiger partial charge in [0.1, 0.15) is 5.41 Å². The Bertz CT molecular complexity index is 689. The number of rotatable bonds is 3. The maximum Gasteiger partial charge on any atom is 0.320 e. The summed E-state index contributed by atoms with van der Waals surface area (Å²) in [5.41, 5.74) is 2.59. The zero-order chi connectivity index (χ0) is 14.9. The van der Waals surface area contributed by atoms with Crippen molar-refractivity contribution < 1.29 is 9.53 Å². The monoisotopic (exact) mass is 342 g/mol. The summed E-state index contributed by atoms with van der Waals surface area (Å²) in [6.07, 6.45) is 2.80. The molecule has 2 nitrogen and oxygen atoms in total. The predicted molar refractivity (Wildman–Crippen MR) is 86.9 cm³/mol. The second-order valence-electron chi connectivity index (χ2n) is 5.16. The van der Waals surface area contributed by atoms with Gasteiger partial charge in [-0.1, -0.05) is 64.5 Å². The minimum absolute atomic E-state index is 0.188. The van der Waals surface area contributed by atoms with Crippen LogP contribution >= 0.6 is 15.9 Å². The molecule has 1 aliphatic rings. The van der Waals surface area contributed by atoms with Crippen molar-refractivity contribution in [2.45, 2.75) is 11.8 Å². The van der Waals surface area contributed by atoms with E-state index in [9.17, 15) is 4.79 Å². The standard InChI is InChI=1S/C18H15BrO2/c1-21-17(20)18(14-7-9-16(19)10-8-14)12-15(18)11-13-5-3-2-4-6-13/h2-11H,12H2,1H3/b15-11-/t18-/m0/s1. The lowest BCUT2D eigenvalue weighted by molar-refractivity contribution is -0.143. The van der Waals surface area contributed by atoms with Gasteiger partial charge in [0.05, 0.1) is 7.11 Å². The molecule has 0 spiro atoms. The van der Waals surface area contributed by atoms with Gasteiger partial charge >= 0.3 is 5.97 Å². The number of hydrogen-bond acceptors (Lipinski definition) is 2. The van der Waals surface area contributed by atoms with Crippen LogP contribution in [0.25, 0.3) is 6.08 Å². The van der Waals surface area contributed by atoms with Gasteiger partial charge in [-0.2, -0.15) is 0 Å². The zero-order valence-electron chi connectivity index (χ0n) is 11.7. The number of methoxy groups -OCH3 is 1. The van der Waals surface area contributed by atoms with Crippen LogP contribution in [0.15, 0.2) is 64.6 Å². The van der Waals surface area contributed by atoms with Crippen LogP contribution in [-0.2, 0) is 14.9 Å². The van der Waals surface area contributed by atoms with Crippen molar-refractivity contribution >= 4 is 28.0 Å². The molecule has 0 aliphatic heterocycles. The van der Waals surface area contributed by atoms with Gasteiger partial charge in [0.15, 0.2) is 0 Å². The Labute approximate surface area is 132 Å². The van der Waals surface area contributed by atoms with Gasteiger partial charge in [-0.3, -0.25) is 4.79 Å². The molecule has 0 amide bonds. The van der Waals surface area contributed by atoms with E-state index in [2.05, 4.69) is 22.0 Å². The van der Waals surface area contributed by atoms with E-state index in [0.29, 0.717) is 0 Å². The fraction of sp³-hybridized carbons (Fsp3) is 0.167.